The summed E-state index contributed by atoms with van der Waals surface area (Å²) in [6, 6.07) is 0. The molecule has 0 rings (SSSR count). The predicted molar refractivity (Wildman–Crippen MR) is 42.5 cm³/mol. The van der Waals surface area contributed by atoms with Crippen molar-refractivity contribution in [2.24, 2.45) is 0 Å². The van der Waals surface area contributed by atoms with Gasteiger partial charge in [-0.1, -0.05) is 36.2 Å². The molecule has 0 radical (unpaired) electrons. The molecule has 0 fully saturated rings. The summed E-state index contributed by atoms with van der Waals surface area (Å²) >= 11 is 3.64. The number of hydrogen-bond donors (Lipinski definition) is 0. The van der Waals surface area contributed by atoms with Crippen LogP contribution >= 0.6 is 15.9 Å². The van der Waals surface area contributed by atoms with Crippen molar-refractivity contribution in [3.05, 3.63) is 0 Å². The van der Waals surface area contributed by atoms with Crippen LogP contribution in [0.5, 0.6) is 0 Å². The minimum atomic E-state index is 0.405. The van der Waals surface area contributed by atoms with Crippen LogP contribution in [0.4, 0.5) is 0 Å². The van der Waals surface area contributed by atoms with Gasteiger partial charge in [-0.25, -0.2) is 0 Å². The van der Waals surface area contributed by atoms with Gasteiger partial charge in [0.25, 0.3) is 0 Å². The molecule has 0 saturated carbocycles. The lowest BCUT2D eigenvalue weighted by atomic mass is 10.0. The van der Waals surface area contributed by atoms with Crippen molar-refractivity contribution in [2.75, 3.05) is 0 Å². The first-order chi connectivity index (χ1) is 3.62. The fraction of sp³-hybridized carbons (Fsp3) is 1.00. The van der Waals surface area contributed by atoms with Crippen molar-refractivity contribution in [2.45, 2.75) is 44.4 Å². The fourth-order valence-electron chi connectivity index (χ4n) is 0.698. The Morgan fingerprint density at radius 3 is 2.00 bits per heavy atom. The molecule has 1 unspecified atom stereocenters. The second-order valence-electron chi connectivity index (χ2n) is 2.52. The van der Waals surface area contributed by atoms with E-state index in [9.17, 15) is 0 Å². The Kier molecular flexibility index (Phi) is 3.70. The number of hydrogen-bond acceptors (Lipinski definition) is 0. The molecule has 0 bridgehead atoms. The average Bonchev–Trinajstić information content (AvgIpc) is 1.67. The van der Waals surface area contributed by atoms with Crippen molar-refractivity contribution < 1.29 is 0 Å². The first-order valence-electron chi connectivity index (χ1n) is 3.31. The van der Waals surface area contributed by atoms with Crippen LogP contribution in [0.25, 0.3) is 0 Å². The van der Waals surface area contributed by atoms with E-state index < -0.39 is 0 Å². The van der Waals surface area contributed by atoms with Crippen LogP contribution in [0.15, 0.2) is 0 Å². The van der Waals surface area contributed by atoms with Gasteiger partial charge in [0, 0.05) is 4.32 Å². The van der Waals surface area contributed by atoms with Crippen molar-refractivity contribution in [3.63, 3.8) is 0 Å². The first kappa shape index (κ1) is 8.48. The Morgan fingerprint density at radius 2 is 1.88 bits per heavy atom. The third kappa shape index (κ3) is 3.48. The molecule has 0 aliphatic heterocycles. The molecule has 1 heteroatoms. The van der Waals surface area contributed by atoms with E-state index >= 15 is 0 Å². The fourth-order valence-corrected chi connectivity index (χ4v) is 1.09. The molecule has 50 valence electrons. The van der Waals surface area contributed by atoms with Gasteiger partial charge in [-0.3, -0.25) is 0 Å². The lowest BCUT2D eigenvalue weighted by Gasteiger charge is -2.18. The van der Waals surface area contributed by atoms with Gasteiger partial charge in [-0.15, -0.1) is 0 Å². The maximum absolute atomic E-state index is 3.64. The van der Waals surface area contributed by atoms with Crippen LogP contribution in [0.3, 0.4) is 0 Å². The van der Waals surface area contributed by atoms with Crippen LogP contribution in [0, 0.1) is 0 Å². The van der Waals surface area contributed by atoms with Crippen LogP contribution < -0.4 is 0 Å². The molecule has 0 N–H and O–H groups in total. The van der Waals surface area contributed by atoms with Crippen molar-refractivity contribution in [3.8, 4) is 0 Å². The van der Waals surface area contributed by atoms with E-state index in [1.165, 1.54) is 19.3 Å². The molecule has 0 aliphatic carbocycles. The summed E-state index contributed by atoms with van der Waals surface area (Å²) in [5.74, 6) is 0. The normalized spacial score (nSPS) is 18.0. The van der Waals surface area contributed by atoms with E-state index in [1.807, 2.05) is 0 Å². The number of halogens is 1. The minimum Gasteiger partial charge on any atom is -0.0856 e. The average molecular weight is 179 g/mol. The van der Waals surface area contributed by atoms with E-state index in [-0.39, 0.29) is 0 Å². The zero-order valence-electron chi connectivity index (χ0n) is 6.00. The molecular weight excluding hydrogens is 164 g/mol. The zero-order chi connectivity index (χ0) is 6.62. The van der Waals surface area contributed by atoms with Gasteiger partial charge < -0.3 is 0 Å². The smallest absolute Gasteiger partial charge is 0.0227 e. The van der Waals surface area contributed by atoms with Crippen LogP contribution in [-0.4, -0.2) is 4.32 Å². The Labute approximate surface area is 60.8 Å². The summed E-state index contributed by atoms with van der Waals surface area (Å²) in [6.07, 6.45) is 3.78. The van der Waals surface area contributed by atoms with Gasteiger partial charge in [0.1, 0.15) is 0 Å². The van der Waals surface area contributed by atoms with E-state index in [0.29, 0.717) is 4.32 Å². The largest absolute Gasteiger partial charge is 0.0856 e. The highest BCUT2D eigenvalue weighted by atomic mass is 79.9. The van der Waals surface area contributed by atoms with Gasteiger partial charge in [-0.05, 0) is 19.8 Å². The lowest BCUT2D eigenvalue weighted by molar-refractivity contribution is 0.572. The summed E-state index contributed by atoms with van der Waals surface area (Å²) in [7, 11) is 0. The molecule has 0 aliphatic rings. The molecule has 8 heavy (non-hydrogen) atoms. The van der Waals surface area contributed by atoms with Crippen molar-refractivity contribution in [1.29, 1.82) is 0 Å². The van der Waals surface area contributed by atoms with Crippen LogP contribution in [0.1, 0.15) is 40.0 Å². The Balaban J connectivity index is 3.37. The standard InChI is InChI=1S/C7H15Br/c1-4-6-7(3,8)5-2/h4-6H2,1-3H3. The molecule has 0 aromatic rings. The molecule has 0 aromatic carbocycles. The molecule has 0 nitrogen and oxygen atoms in total. The summed E-state index contributed by atoms with van der Waals surface area (Å²) in [5, 5.41) is 0. The highest BCUT2D eigenvalue weighted by Crippen LogP contribution is 2.26. The molecular formula is C7H15Br. The van der Waals surface area contributed by atoms with Gasteiger partial charge >= 0.3 is 0 Å². The van der Waals surface area contributed by atoms with E-state index in [1.54, 1.807) is 0 Å². The third-order valence-electron chi connectivity index (χ3n) is 1.51. The number of alkyl halides is 1. The molecule has 0 spiro atoms. The van der Waals surface area contributed by atoms with Crippen LogP contribution in [-0.2, 0) is 0 Å². The summed E-state index contributed by atoms with van der Waals surface area (Å²) in [6.45, 7) is 6.68. The van der Waals surface area contributed by atoms with E-state index in [2.05, 4.69) is 36.7 Å². The lowest BCUT2D eigenvalue weighted by Crippen LogP contribution is -2.12. The topological polar surface area (TPSA) is 0 Å². The Bertz CT molecular complexity index is 57.4. The quantitative estimate of drug-likeness (QED) is 0.582. The van der Waals surface area contributed by atoms with Gasteiger partial charge in [-0.2, -0.15) is 0 Å². The van der Waals surface area contributed by atoms with Crippen LogP contribution in [0.2, 0.25) is 0 Å². The van der Waals surface area contributed by atoms with E-state index in [0.717, 1.165) is 0 Å². The van der Waals surface area contributed by atoms with Crippen molar-refractivity contribution >= 4 is 15.9 Å². The summed E-state index contributed by atoms with van der Waals surface area (Å²) < 4.78 is 0.405. The highest BCUT2D eigenvalue weighted by Gasteiger charge is 2.14. The van der Waals surface area contributed by atoms with Crippen molar-refractivity contribution in [1.82, 2.24) is 0 Å². The second-order valence-corrected chi connectivity index (χ2v) is 4.43. The van der Waals surface area contributed by atoms with Gasteiger partial charge in [0.05, 0.1) is 0 Å². The predicted octanol–water partition coefficient (Wildman–Crippen LogP) is 3.35. The molecule has 0 aromatic heterocycles. The molecule has 0 heterocycles. The second kappa shape index (κ2) is 3.49. The molecule has 1 atom stereocenters. The van der Waals surface area contributed by atoms with Gasteiger partial charge in [0.15, 0.2) is 0 Å². The molecule has 0 saturated heterocycles. The Hall–Kier alpha value is 0.480. The maximum atomic E-state index is 3.64. The third-order valence-corrected chi connectivity index (χ3v) is 2.47. The SMILES string of the molecule is CCCC(C)(Br)CC. The highest BCUT2D eigenvalue weighted by molar-refractivity contribution is 9.10. The summed E-state index contributed by atoms with van der Waals surface area (Å²) in [4.78, 5) is 0. The minimum absolute atomic E-state index is 0.405. The first-order valence-corrected chi connectivity index (χ1v) is 4.10. The monoisotopic (exact) mass is 178 g/mol. The van der Waals surface area contributed by atoms with E-state index in [4.69, 9.17) is 0 Å². The molecule has 0 amide bonds. The maximum Gasteiger partial charge on any atom is 0.0227 e. The van der Waals surface area contributed by atoms with Gasteiger partial charge in [0.2, 0.25) is 0 Å². The Morgan fingerprint density at radius 1 is 1.38 bits per heavy atom. The zero-order valence-corrected chi connectivity index (χ0v) is 7.59. The summed E-state index contributed by atoms with van der Waals surface area (Å²) in [5.41, 5.74) is 0. The number of rotatable bonds is 3.